The van der Waals surface area contributed by atoms with E-state index < -0.39 is 6.10 Å². The summed E-state index contributed by atoms with van der Waals surface area (Å²) in [6.07, 6.45) is 0.986. The summed E-state index contributed by atoms with van der Waals surface area (Å²) < 4.78 is 5.79. The first-order valence-corrected chi connectivity index (χ1v) is 11.4. The molecule has 0 aliphatic heterocycles. The summed E-state index contributed by atoms with van der Waals surface area (Å²) in [5.74, 6) is 1.21. The summed E-state index contributed by atoms with van der Waals surface area (Å²) >= 11 is 0. The fraction of sp³-hybridized carbons (Fsp3) is 0.333. The number of ether oxygens (including phenoxy) is 1. The molecule has 0 radical (unpaired) electrons. The highest BCUT2D eigenvalue weighted by molar-refractivity contribution is 5.96. The first-order valence-electron chi connectivity index (χ1n) is 11.4. The second kappa shape index (κ2) is 12.0. The zero-order chi connectivity index (χ0) is 23.6. The molecule has 6 nitrogen and oxygen atoms in total. The van der Waals surface area contributed by atoms with Crippen LogP contribution in [0.25, 0.3) is 0 Å². The summed E-state index contributed by atoms with van der Waals surface area (Å²) in [4.78, 5) is 20.6. The van der Waals surface area contributed by atoms with Gasteiger partial charge >= 0.3 is 0 Å². The van der Waals surface area contributed by atoms with Crippen molar-refractivity contribution < 1.29 is 14.6 Å². The number of hydrogen-bond donors (Lipinski definition) is 1. The number of para-hydroxylation sites is 1. The maximum absolute atomic E-state index is 11.8. The summed E-state index contributed by atoms with van der Waals surface area (Å²) in [5.41, 5.74) is 2.84. The number of benzene rings is 2. The summed E-state index contributed by atoms with van der Waals surface area (Å²) in [6.45, 7) is 8.77. The molecule has 0 amide bonds. The second-order valence-electron chi connectivity index (χ2n) is 7.92. The highest BCUT2D eigenvalue weighted by atomic mass is 16.5. The summed E-state index contributed by atoms with van der Waals surface area (Å²) in [7, 11) is 0. The third-order valence-electron chi connectivity index (χ3n) is 5.54. The molecule has 174 valence electrons. The van der Waals surface area contributed by atoms with Gasteiger partial charge in [0.05, 0.1) is 5.56 Å². The van der Waals surface area contributed by atoms with Crippen molar-refractivity contribution in [3.05, 3.63) is 84.1 Å². The van der Waals surface area contributed by atoms with Crippen LogP contribution in [0.15, 0.2) is 72.9 Å². The number of nitrogens with zero attached hydrogens (tertiary/aromatic N) is 3. The van der Waals surface area contributed by atoms with E-state index in [0.29, 0.717) is 24.4 Å². The van der Waals surface area contributed by atoms with Crippen LogP contribution in [0.4, 0.5) is 11.5 Å². The van der Waals surface area contributed by atoms with Crippen molar-refractivity contribution in [3.8, 4) is 5.75 Å². The molecule has 3 rings (SSSR count). The predicted octanol–water partition coefficient (Wildman–Crippen LogP) is 4.58. The van der Waals surface area contributed by atoms with E-state index in [1.165, 1.54) is 12.6 Å². The lowest BCUT2D eigenvalue weighted by Gasteiger charge is -2.27. The average molecular weight is 448 g/mol. The third kappa shape index (κ3) is 6.80. The Morgan fingerprint density at radius 2 is 1.67 bits per heavy atom. The van der Waals surface area contributed by atoms with Crippen LogP contribution in [-0.2, 0) is 6.54 Å². The number of aliphatic hydroxyl groups excluding tert-OH is 1. The van der Waals surface area contributed by atoms with E-state index in [0.717, 1.165) is 24.5 Å². The number of rotatable bonds is 12. The first kappa shape index (κ1) is 24.3. The van der Waals surface area contributed by atoms with Gasteiger partial charge in [-0.05, 0) is 62.7 Å². The number of ketones is 1. The Hall–Kier alpha value is -3.38. The van der Waals surface area contributed by atoms with E-state index >= 15 is 0 Å². The number of aromatic nitrogens is 1. The van der Waals surface area contributed by atoms with Gasteiger partial charge in [-0.25, -0.2) is 4.98 Å². The molecule has 0 aliphatic carbocycles. The maximum atomic E-state index is 11.8. The van der Waals surface area contributed by atoms with Crippen LogP contribution >= 0.6 is 0 Å². The highest BCUT2D eigenvalue weighted by Gasteiger charge is 2.16. The zero-order valence-corrected chi connectivity index (χ0v) is 19.6. The molecule has 33 heavy (non-hydrogen) atoms. The number of carbonyl (C=O) groups excluding carboxylic acids is 1. The van der Waals surface area contributed by atoms with Crippen molar-refractivity contribution in [2.45, 2.75) is 33.4 Å². The average Bonchev–Trinajstić information content (AvgIpc) is 2.84. The largest absolute Gasteiger partial charge is 0.490 e. The SMILES string of the molecule is CCN(CC)c1ccc(CN(CC(O)COc2ccccc2C(C)=O)c2ccccn2)cc1. The van der Waals surface area contributed by atoms with E-state index in [4.69, 9.17) is 4.74 Å². The molecule has 0 aliphatic rings. The van der Waals surface area contributed by atoms with Crippen molar-refractivity contribution in [2.75, 3.05) is 36.0 Å². The number of hydrogen-bond acceptors (Lipinski definition) is 6. The van der Waals surface area contributed by atoms with Gasteiger partial charge in [-0.1, -0.05) is 30.3 Å². The lowest BCUT2D eigenvalue weighted by atomic mass is 10.1. The number of anilines is 2. The fourth-order valence-corrected chi connectivity index (χ4v) is 3.78. The Labute approximate surface area is 196 Å². The molecule has 6 heteroatoms. The molecule has 0 bridgehead atoms. The van der Waals surface area contributed by atoms with Gasteiger partial charge in [0.2, 0.25) is 0 Å². The topological polar surface area (TPSA) is 65.9 Å². The molecule has 3 aromatic rings. The summed E-state index contributed by atoms with van der Waals surface area (Å²) in [5, 5.41) is 10.7. The monoisotopic (exact) mass is 447 g/mol. The van der Waals surface area contributed by atoms with Crippen LogP contribution in [-0.4, -0.2) is 48.2 Å². The molecule has 0 spiro atoms. The molecule has 1 atom stereocenters. The Morgan fingerprint density at radius 3 is 2.30 bits per heavy atom. The van der Waals surface area contributed by atoms with Crippen LogP contribution in [0.5, 0.6) is 5.75 Å². The molecule has 1 heterocycles. The lowest BCUT2D eigenvalue weighted by molar-refractivity contribution is 0.0985. The Morgan fingerprint density at radius 1 is 0.970 bits per heavy atom. The molecule has 1 unspecified atom stereocenters. The number of aliphatic hydroxyl groups is 1. The fourth-order valence-electron chi connectivity index (χ4n) is 3.78. The van der Waals surface area contributed by atoms with Crippen molar-refractivity contribution in [1.29, 1.82) is 0 Å². The van der Waals surface area contributed by atoms with Gasteiger partial charge < -0.3 is 19.6 Å². The van der Waals surface area contributed by atoms with Gasteiger partial charge in [0.15, 0.2) is 5.78 Å². The van der Waals surface area contributed by atoms with E-state index in [1.807, 2.05) is 29.2 Å². The lowest BCUT2D eigenvalue weighted by Crippen LogP contribution is -2.36. The first-order chi connectivity index (χ1) is 16.0. The molecule has 1 N–H and O–H groups in total. The predicted molar refractivity (Wildman–Crippen MR) is 133 cm³/mol. The quantitative estimate of drug-likeness (QED) is 0.410. The highest BCUT2D eigenvalue weighted by Crippen LogP contribution is 2.21. The van der Waals surface area contributed by atoms with Gasteiger partial charge in [0.1, 0.15) is 24.3 Å². The molecular weight excluding hydrogens is 414 g/mol. The minimum absolute atomic E-state index is 0.0663. The van der Waals surface area contributed by atoms with Crippen molar-refractivity contribution in [3.63, 3.8) is 0 Å². The van der Waals surface area contributed by atoms with E-state index in [2.05, 4.69) is 48.0 Å². The normalized spacial score (nSPS) is 11.6. The smallest absolute Gasteiger partial charge is 0.163 e. The maximum Gasteiger partial charge on any atom is 0.163 e. The van der Waals surface area contributed by atoms with Crippen molar-refractivity contribution >= 4 is 17.3 Å². The standard InChI is InChI=1S/C27H33N3O3/c1-4-29(5-2)23-15-13-22(14-16-23)18-30(27-12-8-9-17-28-27)19-24(32)20-33-26-11-7-6-10-25(26)21(3)31/h6-17,24,32H,4-5,18-20H2,1-3H3. The van der Waals surface area contributed by atoms with Crippen LogP contribution in [0.3, 0.4) is 0 Å². The van der Waals surface area contributed by atoms with E-state index in [1.54, 1.807) is 24.4 Å². The molecular formula is C27H33N3O3. The molecule has 0 saturated heterocycles. The van der Waals surface area contributed by atoms with Crippen LogP contribution in [0.2, 0.25) is 0 Å². The molecule has 2 aromatic carbocycles. The Bertz CT molecular complexity index is 1000. The Kier molecular flexibility index (Phi) is 8.84. The van der Waals surface area contributed by atoms with Crippen LogP contribution < -0.4 is 14.5 Å². The van der Waals surface area contributed by atoms with Gasteiger partial charge in [-0.3, -0.25) is 4.79 Å². The number of carbonyl (C=O) groups is 1. The Balaban J connectivity index is 1.69. The number of pyridine rings is 1. The minimum Gasteiger partial charge on any atom is -0.490 e. The van der Waals surface area contributed by atoms with Gasteiger partial charge in [0.25, 0.3) is 0 Å². The van der Waals surface area contributed by atoms with Crippen LogP contribution in [0.1, 0.15) is 36.7 Å². The van der Waals surface area contributed by atoms with Gasteiger partial charge in [-0.2, -0.15) is 0 Å². The number of Topliss-reactive ketones (excluding diaryl/α,β-unsaturated/α-hetero) is 1. The van der Waals surface area contributed by atoms with Crippen LogP contribution in [0, 0.1) is 0 Å². The van der Waals surface area contributed by atoms with Crippen molar-refractivity contribution in [1.82, 2.24) is 4.98 Å². The van der Waals surface area contributed by atoms with Gasteiger partial charge in [0, 0.05) is 38.1 Å². The zero-order valence-electron chi connectivity index (χ0n) is 19.6. The van der Waals surface area contributed by atoms with E-state index in [9.17, 15) is 9.90 Å². The van der Waals surface area contributed by atoms with Crippen molar-refractivity contribution in [2.24, 2.45) is 0 Å². The minimum atomic E-state index is -0.762. The molecule has 0 saturated carbocycles. The summed E-state index contributed by atoms with van der Waals surface area (Å²) in [6, 6.07) is 21.3. The molecule has 0 fully saturated rings. The van der Waals surface area contributed by atoms with E-state index in [-0.39, 0.29) is 12.4 Å². The third-order valence-corrected chi connectivity index (χ3v) is 5.54. The molecule has 1 aromatic heterocycles. The van der Waals surface area contributed by atoms with Gasteiger partial charge in [-0.15, -0.1) is 0 Å². The second-order valence-corrected chi connectivity index (χ2v) is 7.92.